The number of amides is 2. The molecule has 2 amide bonds. The fraction of sp³-hybridized carbons (Fsp3) is 0.286. The van der Waals surface area contributed by atoms with Crippen molar-refractivity contribution in [2.24, 2.45) is 0 Å². The summed E-state index contributed by atoms with van der Waals surface area (Å²) >= 11 is 3.27. The number of hydrogen-bond acceptors (Lipinski definition) is 6. The summed E-state index contributed by atoms with van der Waals surface area (Å²) in [6.07, 6.45) is 1.59. The zero-order chi connectivity index (χ0) is 16.8. The molecule has 0 aliphatic carbocycles. The number of anilines is 2. The largest absolute Gasteiger partial charge is 0.360 e. The molecule has 122 valence electrons. The molecule has 0 saturated carbocycles. The van der Waals surface area contributed by atoms with E-state index in [0.717, 1.165) is 4.47 Å². The lowest BCUT2D eigenvalue weighted by Crippen LogP contribution is -2.36. The van der Waals surface area contributed by atoms with Crippen molar-refractivity contribution in [2.45, 2.75) is 6.92 Å². The van der Waals surface area contributed by atoms with Gasteiger partial charge in [0.15, 0.2) is 5.82 Å². The van der Waals surface area contributed by atoms with Crippen molar-refractivity contribution in [1.82, 2.24) is 15.0 Å². The Hall–Kier alpha value is -2.26. The number of aromatic nitrogens is 2. The number of carbonyl (C=O) groups is 2. The normalized spacial score (nSPS) is 10.6. The Morgan fingerprint density at radius 1 is 1.22 bits per heavy atom. The number of likely N-dealkylation sites (N-methyl/N-ethyl adjacent to an activating group) is 1. The second-order valence-corrected chi connectivity index (χ2v) is 5.87. The third kappa shape index (κ3) is 5.80. The van der Waals surface area contributed by atoms with Crippen molar-refractivity contribution >= 4 is 39.4 Å². The summed E-state index contributed by atoms with van der Waals surface area (Å²) < 4.78 is 5.68. The standard InChI is InChI=1S/C14H16BrN5O3/c1-9-5-12(19-23-9)18-14(22)8-20(2)7-13(21)17-11-4-3-10(15)6-16-11/h3-6H,7-8H2,1-2H3,(H,16,17,21)(H,18,19,22). The van der Waals surface area contributed by atoms with E-state index in [2.05, 4.69) is 36.7 Å². The molecule has 2 heterocycles. The van der Waals surface area contributed by atoms with E-state index < -0.39 is 0 Å². The van der Waals surface area contributed by atoms with E-state index >= 15 is 0 Å². The summed E-state index contributed by atoms with van der Waals surface area (Å²) in [6.45, 7) is 1.84. The smallest absolute Gasteiger partial charge is 0.239 e. The molecule has 2 aromatic rings. The third-order valence-corrected chi connectivity index (χ3v) is 3.19. The molecule has 0 aliphatic rings. The van der Waals surface area contributed by atoms with Gasteiger partial charge >= 0.3 is 0 Å². The van der Waals surface area contributed by atoms with Crippen LogP contribution in [0.4, 0.5) is 11.6 Å². The van der Waals surface area contributed by atoms with Crippen molar-refractivity contribution < 1.29 is 14.1 Å². The Labute approximate surface area is 141 Å². The molecule has 0 saturated heterocycles. The van der Waals surface area contributed by atoms with Crippen molar-refractivity contribution in [3.63, 3.8) is 0 Å². The van der Waals surface area contributed by atoms with Crippen LogP contribution in [0.3, 0.4) is 0 Å². The maximum absolute atomic E-state index is 11.9. The number of pyridine rings is 1. The Balaban J connectivity index is 1.77. The van der Waals surface area contributed by atoms with Gasteiger partial charge in [-0.1, -0.05) is 5.16 Å². The Morgan fingerprint density at radius 2 is 1.87 bits per heavy atom. The van der Waals surface area contributed by atoms with E-state index in [1.54, 1.807) is 43.3 Å². The Kier molecular flexibility index (Phi) is 5.83. The number of rotatable bonds is 6. The van der Waals surface area contributed by atoms with Crippen LogP contribution in [0.5, 0.6) is 0 Å². The second kappa shape index (κ2) is 7.84. The van der Waals surface area contributed by atoms with Crippen LogP contribution in [-0.2, 0) is 9.59 Å². The van der Waals surface area contributed by atoms with Gasteiger partial charge in [-0.25, -0.2) is 4.98 Å². The summed E-state index contributed by atoms with van der Waals surface area (Å²) in [5, 5.41) is 8.91. The fourth-order valence-corrected chi connectivity index (χ4v) is 2.02. The summed E-state index contributed by atoms with van der Waals surface area (Å²) in [5.41, 5.74) is 0. The topological polar surface area (TPSA) is 100 Å². The van der Waals surface area contributed by atoms with Crippen LogP contribution in [0.1, 0.15) is 5.76 Å². The maximum Gasteiger partial charge on any atom is 0.239 e. The van der Waals surface area contributed by atoms with E-state index in [1.165, 1.54) is 0 Å². The lowest BCUT2D eigenvalue weighted by atomic mass is 10.4. The zero-order valence-electron chi connectivity index (χ0n) is 12.7. The van der Waals surface area contributed by atoms with Crippen LogP contribution in [0, 0.1) is 6.92 Å². The van der Waals surface area contributed by atoms with Crippen molar-refractivity contribution in [1.29, 1.82) is 0 Å². The van der Waals surface area contributed by atoms with Gasteiger partial charge in [-0.15, -0.1) is 0 Å². The fourth-order valence-electron chi connectivity index (χ4n) is 1.79. The molecule has 0 aliphatic heterocycles. The van der Waals surface area contributed by atoms with Gasteiger partial charge in [0, 0.05) is 16.7 Å². The van der Waals surface area contributed by atoms with Crippen molar-refractivity contribution in [2.75, 3.05) is 30.8 Å². The van der Waals surface area contributed by atoms with E-state index in [0.29, 0.717) is 17.4 Å². The van der Waals surface area contributed by atoms with E-state index in [9.17, 15) is 9.59 Å². The highest BCUT2D eigenvalue weighted by atomic mass is 79.9. The average molecular weight is 382 g/mol. The highest BCUT2D eigenvalue weighted by molar-refractivity contribution is 9.10. The predicted molar refractivity (Wildman–Crippen MR) is 87.9 cm³/mol. The lowest BCUT2D eigenvalue weighted by Gasteiger charge is -2.15. The lowest BCUT2D eigenvalue weighted by molar-refractivity contribution is -0.119. The summed E-state index contributed by atoms with van der Waals surface area (Å²) in [7, 11) is 1.67. The molecule has 8 nitrogen and oxygen atoms in total. The molecule has 0 aromatic carbocycles. The van der Waals surface area contributed by atoms with Gasteiger partial charge in [-0.05, 0) is 42.0 Å². The van der Waals surface area contributed by atoms with Gasteiger partial charge in [0.25, 0.3) is 0 Å². The molecule has 2 rings (SSSR count). The molecule has 0 atom stereocenters. The quantitative estimate of drug-likeness (QED) is 0.788. The molecule has 23 heavy (non-hydrogen) atoms. The van der Waals surface area contributed by atoms with E-state index in [1.807, 2.05) is 0 Å². The molecular weight excluding hydrogens is 366 g/mol. The van der Waals surface area contributed by atoms with Crippen molar-refractivity contribution in [3.05, 3.63) is 34.6 Å². The number of carbonyl (C=O) groups excluding carboxylic acids is 2. The van der Waals surface area contributed by atoms with Gasteiger partial charge in [-0.2, -0.15) is 0 Å². The summed E-state index contributed by atoms with van der Waals surface area (Å²) in [5.74, 6) is 0.872. The molecule has 2 aromatic heterocycles. The molecule has 0 bridgehead atoms. The van der Waals surface area contributed by atoms with Gasteiger partial charge in [0.1, 0.15) is 11.6 Å². The third-order valence-electron chi connectivity index (χ3n) is 2.72. The minimum atomic E-state index is -0.282. The number of halogens is 1. The molecule has 0 radical (unpaired) electrons. The molecule has 9 heteroatoms. The van der Waals surface area contributed by atoms with Crippen LogP contribution in [-0.4, -0.2) is 47.0 Å². The van der Waals surface area contributed by atoms with Crippen LogP contribution >= 0.6 is 15.9 Å². The first-order valence-corrected chi connectivity index (χ1v) is 7.55. The van der Waals surface area contributed by atoms with E-state index in [4.69, 9.17) is 4.52 Å². The molecular formula is C14H16BrN5O3. The Bertz CT molecular complexity index is 686. The molecule has 0 fully saturated rings. The number of hydrogen-bond donors (Lipinski definition) is 2. The van der Waals surface area contributed by atoms with Gasteiger partial charge in [0.05, 0.1) is 13.1 Å². The number of aryl methyl sites for hydroxylation is 1. The minimum absolute atomic E-state index is 0.0487. The van der Waals surface area contributed by atoms with E-state index in [-0.39, 0.29) is 24.9 Å². The predicted octanol–water partition coefficient (Wildman–Crippen LogP) is 1.65. The van der Waals surface area contributed by atoms with Crippen LogP contribution in [0.25, 0.3) is 0 Å². The van der Waals surface area contributed by atoms with Gasteiger partial charge in [-0.3, -0.25) is 14.5 Å². The van der Waals surface area contributed by atoms with Gasteiger partial charge in [0.2, 0.25) is 11.8 Å². The molecule has 2 N–H and O–H groups in total. The summed E-state index contributed by atoms with van der Waals surface area (Å²) in [6, 6.07) is 5.07. The first kappa shape index (κ1) is 17.1. The highest BCUT2D eigenvalue weighted by Gasteiger charge is 2.12. The monoisotopic (exact) mass is 381 g/mol. The number of nitrogens with zero attached hydrogens (tertiary/aromatic N) is 3. The average Bonchev–Trinajstić information content (AvgIpc) is 2.86. The minimum Gasteiger partial charge on any atom is -0.360 e. The molecule has 0 unspecified atom stereocenters. The first-order chi connectivity index (χ1) is 10.9. The molecule has 0 spiro atoms. The first-order valence-electron chi connectivity index (χ1n) is 6.75. The van der Waals surface area contributed by atoms with Gasteiger partial charge < -0.3 is 15.2 Å². The van der Waals surface area contributed by atoms with Crippen LogP contribution in [0.15, 0.2) is 33.4 Å². The second-order valence-electron chi connectivity index (χ2n) is 4.95. The number of nitrogens with one attached hydrogen (secondary N) is 2. The van der Waals surface area contributed by atoms with Crippen LogP contribution in [0.2, 0.25) is 0 Å². The SMILES string of the molecule is Cc1cc(NC(=O)CN(C)CC(=O)Nc2ccc(Br)cn2)no1. The zero-order valence-corrected chi connectivity index (χ0v) is 14.3. The Morgan fingerprint density at radius 3 is 2.39 bits per heavy atom. The van der Waals surface area contributed by atoms with Crippen molar-refractivity contribution in [3.8, 4) is 0 Å². The maximum atomic E-state index is 11.9. The highest BCUT2D eigenvalue weighted by Crippen LogP contribution is 2.10. The van der Waals surface area contributed by atoms with Crippen LogP contribution < -0.4 is 10.6 Å². The summed E-state index contributed by atoms with van der Waals surface area (Å²) in [4.78, 5) is 29.3.